The van der Waals surface area contributed by atoms with E-state index in [4.69, 9.17) is 4.74 Å². The van der Waals surface area contributed by atoms with Crippen LogP contribution in [0.1, 0.15) is 33.0 Å². The molecule has 1 aromatic rings. The Bertz CT molecular complexity index is 267. The maximum atomic E-state index is 5.68. The van der Waals surface area contributed by atoms with Crippen molar-refractivity contribution in [3.63, 3.8) is 0 Å². The van der Waals surface area contributed by atoms with Crippen LogP contribution in [-0.2, 0) is 0 Å². The first-order chi connectivity index (χ1) is 6.03. The first kappa shape index (κ1) is 9.96. The van der Waals surface area contributed by atoms with Gasteiger partial charge in [-0.3, -0.25) is 0 Å². The number of aryl methyl sites for hydroxylation is 1. The van der Waals surface area contributed by atoms with E-state index in [-0.39, 0.29) is 5.60 Å². The number of aromatic nitrogens is 2. The highest BCUT2D eigenvalue weighted by atomic mass is 16.5. The van der Waals surface area contributed by atoms with Gasteiger partial charge in [-0.15, -0.1) is 0 Å². The lowest BCUT2D eigenvalue weighted by atomic mass is 10.1. The summed E-state index contributed by atoms with van der Waals surface area (Å²) in [5, 5.41) is 0. The van der Waals surface area contributed by atoms with Gasteiger partial charge < -0.3 is 4.74 Å². The zero-order valence-corrected chi connectivity index (χ0v) is 8.66. The van der Waals surface area contributed by atoms with Gasteiger partial charge in [-0.05, 0) is 27.2 Å². The second-order valence-electron chi connectivity index (χ2n) is 3.68. The van der Waals surface area contributed by atoms with Crippen molar-refractivity contribution in [2.45, 2.75) is 39.7 Å². The van der Waals surface area contributed by atoms with Crippen LogP contribution in [0.3, 0.4) is 0 Å². The zero-order valence-electron chi connectivity index (χ0n) is 8.66. The molecule has 0 atom stereocenters. The number of ether oxygens (including phenoxy) is 1. The molecule has 3 heteroatoms. The Morgan fingerprint density at radius 3 is 2.31 bits per heavy atom. The average molecular weight is 180 g/mol. The molecule has 1 aromatic heterocycles. The average Bonchev–Trinajstić information content (AvgIpc) is 2.09. The molecular weight excluding hydrogens is 164 g/mol. The van der Waals surface area contributed by atoms with Crippen molar-refractivity contribution in [1.29, 1.82) is 0 Å². The molecule has 1 heterocycles. The van der Waals surface area contributed by atoms with Crippen molar-refractivity contribution in [3.8, 4) is 5.75 Å². The third-order valence-corrected chi connectivity index (χ3v) is 2.00. The summed E-state index contributed by atoms with van der Waals surface area (Å²) in [5.41, 5.74) is -0.140. The molecule has 0 bridgehead atoms. The quantitative estimate of drug-likeness (QED) is 0.716. The molecule has 13 heavy (non-hydrogen) atoms. The van der Waals surface area contributed by atoms with Crippen LogP contribution in [0.2, 0.25) is 0 Å². The van der Waals surface area contributed by atoms with Crippen molar-refractivity contribution in [3.05, 3.63) is 18.2 Å². The number of hydrogen-bond donors (Lipinski definition) is 0. The molecule has 0 aromatic carbocycles. The number of nitrogens with zero attached hydrogens (tertiary/aromatic N) is 2. The summed E-state index contributed by atoms with van der Waals surface area (Å²) in [7, 11) is 0. The van der Waals surface area contributed by atoms with Crippen LogP contribution in [-0.4, -0.2) is 15.6 Å². The molecule has 0 aliphatic rings. The highest BCUT2D eigenvalue weighted by Crippen LogP contribution is 2.18. The fraction of sp³-hybridized carbons (Fsp3) is 0.600. The molecular formula is C10H16N2O. The largest absolute Gasteiger partial charge is 0.485 e. The molecule has 0 radical (unpaired) electrons. The second-order valence-corrected chi connectivity index (χ2v) is 3.68. The normalized spacial score (nSPS) is 11.4. The fourth-order valence-electron chi connectivity index (χ4n) is 0.825. The highest BCUT2D eigenvalue weighted by Gasteiger charge is 2.16. The number of rotatable bonds is 3. The van der Waals surface area contributed by atoms with Crippen LogP contribution in [0.25, 0.3) is 0 Å². The second kappa shape index (κ2) is 3.73. The van der Waals surface area contributed by atoms with E-state index in [0.29, 0.717) is 0 Å². The minimum Gasteiger partial charge on any atom is -0.485 e. The summed E-state index contributed by atoms with van der Waals surface area (Å²) in [4.78, 5) is 8.12. The van der Waals surface area contributed by atoms with Crippen LogP contribution in [0.15, 0.2) is 12.4 Å². The summed E-state index contributed by atoms with van der Waals surface area (Å²) in [5.74, 6) is 1.50. The molecule has 0 N–H and O–H groups in total. The Morgan fingerprint density at radius 1 is 1.31 bits per heavy atom. The third kappa shape index (κ3) is 3.01. The minimum atomic E-state index is -0.140. The molecule has 0 aliphatic heterocycles. The standard InChI is InChI=1S/C10H16N2O/c1-5-10(3,4)13-9-6-11-8(2)12-7-9/h6-7H,5H2,1-4H3. The molecule has 1 rings (SSSR count). The van der Waals surface area contributed by atoms with Gasteiger partial charge >= 0.3 is 0 Å². The van der Waals surface area contributed by atoms with Crippen molar-refractivity contribution in [2.24, 2.45) is 0 Å². The van der Waals surface area contributed by atoms with Crippen LogP contribution < -0.4 is 4.74 Å². The van der Waals surface area contributed by atoms with Crippen molar-refractivity contribution >= 4 is 0 Å². The summed E-state index contributed by atoms with van der Waals surface area (Å²) in [6, 6.07) is 0. The van der Waals surface area contributed by atoms with Crippen LogP contribution in [0, 0.1) is 6.92 Å². The van der Waals surface area contributed by atoms with E-state index in [0.717, 1.165) is 18.0 Å². The van der Waals surface area contributed by atoms with Gasteiger partial charge in [-0.1, -0.05) is 6.92 Å². The van der Waals surface area contributed by atoms with E-state index in [9.17, 15) is 0 Å². The van der Waals surface area contributed by atoms with Crippen LogP contribution in [0.5, 0.6) is 5.75 Å². The number of hydrogen-bond acceptors (Lipinski definition) is 3. The van der Waals surface area contributed by atoms with Gasteiger partial charge in [0.15, 0.2) is 5.75 Å². The van der Waals surface area contributed by atoms with E-state index in [1.807, 2.05) is 20.8 Å². The van der Waals surface area contributed by atoms with Crippen molar-refractivity contribution < 1.29 is 4.74 Å². The first-order valence-corrected chi connectivity index (χ1v) is 4.51. The molecule has 0 fully saturated rings. The molecule has 3 nitrogen and oxygen atoms in total. The summed E-state index contributed by atoms with van der Waals surface area (Å²) < 4.78 is 5.68. The molecule has 0 amide bonds. The lowest BCUT2D eigenvalue weighted by Gasteiger charge is -2.24. The van der Waals surface area contributed by atoms with Gasteiger partial charge in [0.05, 0.1) is 12.4 Å². The Kier molecular flexibility index (Phi) is 2.86. The molecule has 0 saturated carbocycles. The predicted octanol–water partition coefficient (Wildman–Crippen LogP) is 2.35. The van der Waals surface area contributed by atoms with Gasteiger partial charge in [0.25, 0.3) is 0 Å². The fourth-order valence-corrected chi connectivity index (χ4v) is 0.825. The maximum Gasteiger partial charge on any atom is 0.156 e. The highest BCUT2D eigenvalue weighted by molar-refractivity contribution is 5.13. The molecule has 0 aliphatic carbocycles. The van der Waals surface area contributed by atoms with Gasteiger partial charge in [0.1, 0.15) is 11.4 Å². The van der Waals surface area contributed by atoms with Crippen molar-refractivity contribution in [1.82, 2.24) is 9.97 Å². The predicted molar refractivity (Wildman–Crippen MR) is 51.8 cm³/mol. The molecule has 0 unspecified atom stereocenters. The van der Waals surface area contributed by atoms with Gasteiger partial charge in [0.2, 0.25) is 0 Å². The van der Waals surface area contributed by atoms with E-state index in [1.54, 1.807) is 12.4 Å². The summed E-state index contributed by atoms with van der Waals surface area (Å²) in [6.45, 7) is 8.05. The summed E-state index contributed by atoms with van der Waals surface area (Å²) >= 11 is 0. The lowest BCUT2D eigenvalue weighted by Crippen LogP contribution is -2.26. The van der Waals surface area contributed by atoms with Crippen molar-refractivity contribution in [2.75, 3.05) is 0 Å². The Morgan fingerprint density at radius 2 is 1.85 bits per heavy atom. The lowest BCUT2D eigenvalue weighted by molar-refractivity contribution is 0.104. The Balaban J connectivity index is 2.69. The van der Waals surface area contributed by atoms with E-state index < -0.39 is 0 Å². The first-order valence-electron chi connectivity index (χ1n) is 4.51. The molecule has 0 spiro atoms. The molecule has 72 valence electrons. The SMILES string of the molecule is CCC(C)(C)Oc1cnc(C)nc1. The van der Waals surface area contributed by atoms with E-state index >= 15 is 0 Å². The zero-order chi connectivity index (χ0) is 9.90. The van der Waals surface area contributed by atoms with Gasteiger partial charge in [-0.2, -0.15) is 0 Å². The monoisotopic (exact) mass is 180 g/mol. The molecule has 0 saturated heterocycles. The Hall–Kier alpha value is -1.12. The third-order valence-electron chi connectivity index (χ3n) is 2.00. The minimum absolute atomic E-state index is 0.140. The van der Waals surface area contributed by atoms with E-state index in [1.165, 1.54) is 0 Å². The van der Waals surface area contributed by atoms with E-state index in [2.05, 4.69) is 16.9 Å². The van der Waals surface area contributed by atoms with Crippen LogP contribution >= 0.6 is 0 Å². The topological polar surface area (TPSA) is 35.0 Å². The summed E-state index contributed by atoms with van der Waals surface area (Å²) in [6.07, 6.45) is 4.38. The smallest absolute Gasteiger partial charge is 0.156 e. The van der Waals surface area contributed by atoms with Gasteiger partial charge in [0, 0.05) is 0 Å². The maximum absolute atomic E-state index is 5.68. The van der Waals surface area contributed by atoms with Gasteiger partial charge in [-0.25, -0.2) is 9.97 Å². The van der Waals surface area contributed by atoms with Crippen LogP contribution in [0.4, 0.5) is 0 Å². The Labute approximate surface area is 79.2 Å².